The molecule has 0 fully saturated rings. The van der Waals surface area contributed by atoms with E-state index in [2.05, 4.69) is 5.16 Å². The number of hydrogen-bond acceptors (Lipinski definition) is 5. The summed E-state index contributed by atoms with van der Waals surface area (Å²) in [5.74, 6) is -0.732. The topological polar surface area (TPSA) is 98.6 Å². The summed E-state index contributed by atoms with van der Waals surface area (Å²) < 4.78 is 10.2. The molecule has 0 saturated heterocycles. The standard InChI is InChI=1S/C10H10N2O4/c11-4-5-15-6-2-1-3-7-8(6)9(10(13)14)12-16-7/h1-3H,4-5,11H2,(H,13,14). The summed E-state index contributed by atoms with van der Waals surface area (Å²) in [7, 11) is 0. The highest BCUT2D eigenvalue weighted by Crippen LogP contribution is 2.28. The van der Waals surface area contributed by atoms with E-state index in [1.165, 1.54) is 0 Å². The van der Waals surface area contributed by atoms with E-state index < -0.39 is 5.97 Å². The van der Waals surface area contributed by atoms with Crippen LogP contribution in [0.1, 0.15) is 10.5 Å². The molecule has 0 amide bonds. The average molecular weight is 222 g/mol. The van der Waals surface area contributed by atoms with Crippen molar-refractivity contribution >= 4 is 16.9 Å². The number of rotatable bonds is 4. The quantitative estimate of drug-likeness (QED) is 0.796. The van der Waals surface area contributed by atoms with Crippen molar-refractivity contribution < 1.29 is 19.2 Å². The number of carbonyl (C=O) groups is 1. The molecule has 6 heteroatoms. The molecule has 0 radical (unpaired) electrons. The van der Waals surface area contributed by atoms with Gasteiger partial charge in [0.1, 0.15) is 12.4 Å². The van der Waals surface area contributed by atoms with Crippen LogP contribution in [0.2, 0.25) is 0 Å². The summed E-state index contributed by atoms with van der Waals surface area (Å²) in [6.45, 7) is 0.660. The predicted molar refractivity (Wildman–Crippen MR) is 55.5 cm³/mol. The van der Waals surface area contributed by atoms with Gasteiger partial charge < -0.3 is 20.1 Å². The first-order valence-electron chi connectivity index (χ1n) is 4.68. The van der Waals surface area contributed by atoms with Crippen LogP contribution in [-0.4, -0.2) is 29.4 Å². The molecule has 0 atom stereocenters. The van der Waals surface area contributed by atoms with E-state index in [1.54, 1.807) is 18.2 Å². The number of aromatic nitrogens is 1. The van der Waals surface area contributed by atoms with E-state index in [-0.39, 0.29) is 5.69 Å². The van der Waals surface area contributed by atoms with Crippen molar-refractivity contribution in [1.82, 2.24) is 5.16 Å². The molecule has 1 aromatic carbocycles. The lowest BCUT2D eigenvalue weighted by atomic mass is 10.2. The fourth-order valence-corrected chi connectivity index (χ4v) is 1.40. The summed E-state index contributed by atoms with van der Waals surface area (Å²) in [6, 6.07) is 4.98. The van der Waals surface area contributed by atoms with Gasteiger partial charge in [-0.1, -0.05) is 11.2 Å². The highest BCUT2D eigenvalue weighted by atomic mass is 16.5. The Bertz CT molecular complexity index is 521. The number of hydrogen-bond donors (Lipinski definition) is 2. The summed E-state index contributed by atoms with van der Waals surface area (Å²) in [6.07, 6.45) is 0. The molecular formula is C10H10N2O4. The van der Waals surface area contributed by atoms with Gasteiger partial charge in [-0.05, 0) is 12.1 Å². The number of nitrogens with zero attached hydrogens (tertiary/aromatic N) is 1. The second kappa shape index (κ2) is 4.19. The van der Waals surface area contributed by atoms with Crippen molar-refractivity contribution in [1.29, 1.82) is 0 Å². The van der Waals surface area contributed by atoms with Crippen LogP contribution in [-0.2, 0) is 0 Å². The Morgan fingerprint density at radius 1 is 1.56 bits per heavy atom. The summed E-state index contributed by atoms with van der Waals surface area (Å²) in [4.78, 5) is 10.9. The highest BCUT2D eigenvalue weighted by molar-refractivity contribution is 6.02. The molecule has 3 N–H and O–H groups in total. The number of nitrogens with two attached hydrogens (primary N) is 1. The Morgan fingerprint density at radius 3 is 3.06 bits per heavy atom. The molecule has 6 nitrogen and oxygen atoms in total. The van der Waals surface area contributed by atoms with Gasteiger partial charge in [0.15, 0.2) is 5.58 Å². The first kappa shape index (κ1) is 10.4. The first-order chi connectivity index (χ1) is 7.74. The molecule has 2 aromatic rings. The number of carboxylic acid groups (broad SMARTS) is 1. The lowest BCUT2D eigenvalue weighted by Crippen LogP contribution is -2.11. The minimum atomic E-state index is -1.15. The lowest BCUT2D eigenvalue weighted by Gasteiger charge is -2.04. The SMILES string of the molecule is NCCOc1cccc2onc(C(=O)O)c12. The average Bonchev–Trinajstić information content (AvgIpc) is 2.70. The van der Waals surface area contributed by atoms with Crippen molar-refractivity contribution in [2.45, 2.75) is 0 Å². The zero-order valence-electron chi connectivity index (χ0n) is 8.34. The van der Waals surface area contributed by atoms with Gasteiger partial charge in [-0.25, -0.2) is 4.79 Å². The number of fused-ring (bicyclic) bond motifs is 1. The van der Waals surface area contributed by atoms with E-state index in [0.717, 1.165) is 0 Å². The Morgan fingerprint density at radius 2 is 2.38 bits per heavy atom. The van der Waals surface area contributed by atoms with E-state index in [4.69, 9.17) is 20.1 Å². The van der Waals surface area contributed by atoms with Crippen LogP contribution in [0.5, 0.6) is 5.75 Å². The third-order valence-corrected chi connectivity index (χ3v) is 2.04. The number of ether oxygens (including phenoxy) is 1. The monoisotopic (exact) mass is 222 g/mol. The molecule has 84 valence electrons. The first-order valence-corrected chi connectivity index (χ1v) is 4.68. The van der Waals surface area contributed by atoms with Gasteiger partial charge in [-0.15, -0.1) is 0 Å². The fraction of sp³-hybridized carbons (Fsp3) is 0.200. The maximum Gasteiger partial charge on any atom is 0.358 e. The Balaban J connectivity index is 2.54. The Hall–Kier alpha value is -2.08. The molecule has 16 heavy (non-hydrogen) atoms. The molecule has 0 aliphatic carbocycles. The fourth-order valence-electron chi connectivity index (χ4n) is 1.40. The third-order valence-electron chi connectivity index (χ3n) is 2.04. The van der Waals surface area contributed by atoms with Gasteiger partial charge in [0.05, 0.1) is 5.39 Å². The van der Waals surface area contributed by atoms with Gasteiger partial charge in [0, 0.05) is 6.54 Å². The van der Waals surface area contributed by atoms with Gasteiger partial charge in [0.25, 0.3) is 0 Å². The number of benzene rings is 1. The molecule has 0 bridgehead atoms. The van der Waals surface area contributed by atoms with Crippen molar-refractivity contribution in [2.75, 3.05) is 13.2 Å². The molecule has 0 aliphatic heterocycles. The van der Waals surface area contributed by atoms with E-state index in [0.29, 0.717) is 29.9 Å². The Labute approximate surface area is 90.6 Å². The van der Waals surface area contributed by atoms with Gasteiger partial charge in [-0.2, -0.15) is 0 Å². The van der Waals surface area contributed by atoms with Crippen molar-refractivity contribution in [2.24, 2.45) is 5.73 Å². The summed E-state index contributed by atoms with van der Waals surface area (Å²) in [5.41, 5.74) is 5.54. The second-order valence-electron chi connectivity index (χ2n) is 3.10. The largest absolute Gasteiger partial charge is 0.491 e. The predicted octanol–water partition coefficient (Wildman–Crippen LogP) is 0.863. The molecular weight excluding hydrogens is 212 g/mol. The van der Waals surface area contributed by atoms with E-state index >= 15 is 0 Å². The van der Waals surface area contributed by atoms with E-state index in [1.807, 2.05) is 0 Å². The maximum absolute atomic E-state index is 10.9. The van der Waals surface area contributed by atoms with E-state index in [9.17, 15) is 4.79 Å². The zero-order valence-corrected chi connectivity index (χ0v) is 8.34. The van der Waals surface area contributed by atoms with Crippen LogP contribution in [0.25, 0.3) is 11.0 Å². The molecule has 1 aromatic heterocycles. The molecule has 0 aliphatic rings. The normalized spacial score (nSPS) is 10.6. The smallest absolute Gasteiger partial charge is 0.358 e. The second-order valence-corrected chi connectivity index (χ2v) is 3.10. The minimum Gasteiger partial charge on any atom is -0.491 e. The van der Waals surface area contributed by atoms with Crippen LogP contribution < -0.4 is 10.5 Å². The summed E-state index contributed by atoms with van der Waals surface area (Å²) in [5, 5.41) is 12.8. The molecule has 1 heterocycles. The van der Waals surface area contributed by atoms with Crippen molar-refractivity contribution in [3.05, 3.63) is 23.9 Å². The lowest BCUT2D eigenvalue weighted by molar-refractivity contribution is 0.0687. The molecule has 2 rings (SSSR count). The van der Waals surface area contributed by atoms with Crippen LogP contribution in [0.4, 0.5) is 0 Å². The maximum atomic E-state index is 10.9. The highest BCUT2D eigenvalue weighted by Gasteiger charge is 2.18. The van der Waals surface area contributed by atoms with Crippen LogP contribution in [0, 0.1) is 0 Å². The molecule has 0 spiro atoms. The summed E-state index contributed by atoms with van der Waals surface area (Å²) >= 11 is 0. The van der Waals surface area contributed by atoms with Crippen LogP contribution in [0.3, 0.4) is 0 Å². The van der Waals surface area contributed by atoms with Gasteiger partial charge in [-0.3, -0.25) is 0 Å². The van der Waals surface area contributed by atoms with Crippen LogP contribution >= 0.6 is 0 Å². The minimum absolute atomic E-state index is 0.150. The third kappa shape index (κ3) is 1.70. The van der Waals surface area contributed by atoms with Gasteiger partial charge in [0.2, 0.25) is 5.69 Å². The molecule has 0 saturated carbocycles. The van der Waals surface area contributed by atoms with Crippen LogP contribution in [0.15, 0.2) is 22.7 Å². The zero-order chi connectivity index (χ0) is 11.5. The van der Waals surface area contributed by atoms with Gasteiger partial charge >= 0.3 is 5.97 Å². The number of carboxylic acids is 1. The van der Waals surface area contributed by atoms with Crippen molar-refractivity contribution in [3.8, 4) is 5.75 Å². The Kier molecular flexibility index (Phi) is 2.74. The van der Waals surface area contributed by atoms with Crippen molar-refractivity contribution in [3.63, 3.8) is 0 Å². The molecule has 0 unspecified atom stereocenters. The number of aromatic carboxylic acids is 1.